The Hall–Kier alpha value is -4.45. The first kappa shape index (κ1) is 25.5. The Labute approximate surface area is 235 Å². The van der Waals surface area contributed by atoms with E-state index in [9.17, 15) is 4.79 Å². The van der Waals surface area contributed by atoms with Crippen LogP contribution in [0.15, 0.2) is 36.9 Å². The Morgan fingerprint density at radius 2 is 1.85 bits per heavy atom. The number of piperazine rings is 1. The fraction of sp³-hybridized carbons (Fsp3) is 0.379. The number of rotatable bonds is 5. The zero-order chi connectivity index (χ0) is 27.9. The quantitative estimate of drug-likeness (QED) is 0.292. The molecule has 0 radical (unpaired) electrons. The van der Waals surface area contributed by atoms with Gasteiger partial charge in [0, 0.05) is 50.1 Å². The molecule has 0 atom stereocenters. The summed E-state index contributed by atoms with van der Waals surface area (Å²) in [6.07, 6.45) is 11.5. The average Bonchev–Trinajstić information content (AvgIpc) is 3.63. The van der Waals surface area contributed by atoms with Crippen LogP contribution in [-0.4, -0.2) is 79.2 Å². The average molecular weight is 555 g/mol. The highest BCUT2D eigenvalue weighted by atomic mass is 19.1. The number of likely N-dealkylation sites (N-methyl/N-ethyl adjacent to an activating group) is 1. The maximum Gasteiger partial charge on any atom is 0.227 e. The van der Waals surface area contributed by atoms with Crippen LogP contribution in [0, 0.1) is 11.7 Å². The van der Waals surface area contributed by atoms with Gasteiger partial charge in [-0.25, -0.2) is 14.4 Å². The van der Waals surface area contributed by atoms with Gasteiger partial charge in [0.25, 0.3) is 0 Å². The van der Waals surface area contributed by atoms with Crippen molar-refractivity contribution in [2.24, 2.45) is 5.92 Å². The molecule has 3 N–H and O–H groups in total. The van der Waals surface area contributed by atoms with E-state index in [0.29, 0.717) is 28.3 Å². The number of fused-ring (bicyclic) bond motifs is 2. The molecule has 0 bridgehead atoms. The van der Waals surface area contributed by atoms with Gasteiger partial charge in [-0.15, -0.1) is 0 Å². The molecular formula is C29H31FN10O. The molecule has 1 saturated heterocycles. The number of nitrogens with one attached hydrogen (secondary N) is 3. The molecule has 1 amide bonds. The Bertz CT molecular complexity index is 1730. The summed E-state index contributed by atoms with van der Waals surface area (Å²) in [6, 6.07) is 3.57. The third-order valence-electron chi connectivity index (χ3n) is 8.21. The van der Waals surface area contributed by atoms with Crippen molar-refractivity contribution in [1.82, 2.24) is 40.0 Å². The lowest BCUT2D eigenvalue weighted by molar-refractivity contribution is -0.120. The molecule has 1 aliphatic heterocycles. The van der Waals surface area contributed by atoms with Crippen LogP contribution in [0.2, 0.25) is 0 Å². The summed E-state index contributed by atoms with van der Waals surface area (Å²) in [7, 11) is 2.11. The van der Waals surface area contributed by atoms with Crippen molar-refractivity contribution >= 4 is 39.3 Å². The van der Waals surface area contributed by atoms with E-state index in [4.69, 9.17) is 4.98 Å². The molecule has 0 spiro atoms. The first-order chi connectivity index (χ1) is 20.0. The summed E-state index contributed by atoms with van der Waals surface area (Å²) in [5.74, 6) is 0.695. The topological polar surface area (TPSA) is 132 Å². The number of H-pyrrole nitrogens is 2. The summed E-state index contributed by atoms with van der Waals surface area (Å²) in [6.45, 7) is 3.60. The van der Waals surface area contributed by atoms with Crippen LogP contribution in [0.3, 0.4) is 0 Å². The number of anilines is 2. The number of imidazole rings is 1. The molecule has 2 aliphatic rings. The summed E-state index contributed by atoms with van der Waals surface area (Å²) in [4.78, 5) is 38.7. The van der Waals surface area contributed by atoms with Gasteiger partial charge in [-0.2, -0.15) is 5.10 Å². The standard InChI is InChI=1S/C29H31FN10O/c1-39-9-11-40(12-10-39)28-25-20(7-8-32-28)35-27(36-25)26-22-21(37-38-26)16-33-24(23(22)30)18-13-19(15-31-14-18)34-29(41)17-5-3-2-4-6-17/h7-8,13-17H,2-6,9-12H2,1H3,(H,34,41)(H,35,36)(H,37,38). The molecule has 210 valence electrons. The zero-order valence-electron chi connectivity index (χ0n) is 22.8. The predicted octanol–water partition coefficient (Wildman–Crippen LogP) is 4.37. The fourth-order valence-electron chi connectivity index (χ4n) is 5.88. The van der Waals surface area contributed by atoms with Crippen LogP contribution >= 0.6 is 0 Å². The van der Waals surface area contributed by atoms with Gasteiger partial charge in [-0.05, 0) is 32.0 Å². The maximum atomic E-state index is 16.2. The molecule has 0 unspecified atom stereocenters. The lowest BCUT2D eigenvalue weighted by Gasteiger charge is -2.33. The minimum absolute atomic E-state index is 0.00267. The Morgan fingerprint density at radius 1 is 1.02 bits per heavy atom. The van der Waals surface area contributed by atoms with E-state index in [-0.39, 0.29) is 22.9 Å². The molecule has 11 nitrogen and oxygen atoms in total. The SMILES string of the molecule is CN1CCN(c2nccc3[nH]c(-c4n[nH]c5cnc(-c6cncc(NC(=O)C7CCCCC7)c6)c(F)c45)nc23)CC1. The summed E-state index contributed by atoms with van der Waals surface area (Å²) in [5, 5.41) is 10.5. The number of carbonyl (C=O) groups is 1. The maximum absolute atomic E-state index is 16.2. The molecule has 7 rings (SSSR count). The number of hydrogen-bond acceptors (Lipinski definition) is 8. The Kier molecular flexibility index (Phi) is 6.54. The number of carbonyl (C=O) groups excluding carboxylic acids is 1. The number of halogens is 1. The van der Waals surface area contributed by atoms with Gasteiger partial charge in [-0.3, -0.25) is 19.9 Å². The van der Waals surface area contributed by atoms with E-state index in [1.54, 1.807) is 30.9 Å². The van der Waals surface area contributed by atoms with E-state index in [1.807, 2.05) is 6.07 Å². The van der Waals surface area contributed by atoms with Crippen molar-refractivity contribution < 1.29 is 9.18 Å². The van der Waals surface area contributed by atoms with Crippen LogP contribution in [0.5, 0.6) is 0 Å². The van der Waals surface area contributed by atoms with Crippen molar-refractivity contribution in [3.05, 3.63) is 42.7 Å². The van der Waals surface area contributed by atoms with Gasteiger partial charge < -0.3 is 20.1 Å². The number of nitrogens with zero attached hydrogens (tertiary/aromatic N) is 7. The molecule has 1 saturated carbocycles. The number of hydrogen-bond donors (Lipinski definition) is 3. The predicted molar refractivity (Wildman–Crippen MR) is 155 cm³/mol. The fourth-order valence-corrected chi connectivity index (χ4v) is 5.88. The third kappa shape index (κ3) is 4.77. The molecule has 41 heavy (non-hydrogen) atoms. The molecule has 1 aliphatic carbocycles. The molecule has 6 heterocycles. The molecular weight excluding hydrogens is 523 g/mol. The highest BCUT2D eigenvalue weighted by Crippen LogP contribution is 2.34. The second kappa shape index (κ2) is 10.5. The van der Waals surface area contributed by atoms with Crippen molar-refractivity contribution in [2.75, 3.05) is 43.4 Å². The molecule has 5 aromatic rings. The van der Waals surface area contributed by atoms with Gasteiger partial charge in [-0.1, -0.05) is 19.3 Å². The van der Waals surface area contributed by atoms with Crippen LogP contribution in [0.4, 0.5) is 15.9 Å². The van der Waals surface area contributed by atoms with Crippen molar-refractivity contribution in [3.8, 4) is 22.8 Å². The van der Waals surface area contributed by atoms with Crippen molar-refractivity contribution in [1.29, 1.82) is 0 Å². The van der Waals surface area contributed by atoms with Crippen molar-refractivity contribution in [2.45, 2.75) is 32.1 Å². The molecule has 12 heteroatoms. The largest absolute Gasteiger partial charge is 0.352 e. The highest BCUT2D eigenvalue weighted by molar-refractivity contribution is 5.97. The van der Waals surface area contributed by atoms with E-state index < -0.39 is 5.82 Å². The van der Waals surface area contributed by atoms with Gasteiger partial charge in [0.15, 0.2) is 17.5 Å². The zero-order valence-corrected chi connectivity index (χ0v) is 22.8. The van der Waals surface area contributed by atoms with Crippen LogP contribution in [0.25, 0.3) is 44.7 Å². The lowest BCUT2D eigenvalue weighted by atomic mass is 9.88. The van der Waals surface area contributed by atoms with E-state index in [2.05, 4.69) is 52.3 Å². The van der Waals surface area contributed by atoms with Gasteiger partial charge in [0.1, 0.15) is 16.9 Å². The van der Waals surface area contributed by atoms with Crippen LogP contribution in [-0.2, 0) is 4.79 Å². The second-order valence-corrected chi connectivity index (χ2v) is 11.0. The number of pyridine rings is 3. The first-order valence-corrected chi connectivity index (χ1v) is 14.1. The minimum Gasteiger partial charge on any atom is -0.352 e. The monoisotopic (exact) mass is 554 g/mol. The lowest BCUT2D eigenvalue weighted by Crippen LogP contribution is -2.44. The second-order valence-electron chi connectivity index (χ2n) is 11.0. The molecule has 2 fully saturated rings. The highest BCUT2D eigenvalue weighted by Gasteiger charge is 2.24. The minimum atomic E-state index is -0.540. The normalized spacial score (nSPS) is 17.0. The van der Waals surface area contributed by atoms with Crippen LogP contribution < -0.4 is 10.2 Å². The van der Waals surface area contributed by atoms with Crippen LogP contribution in [0.1, 0.15) is 32.1 Å². The van der Waals surface area contributed by atoms with Gasteiger partial charge in [0.2, 0.25) is 5.91 Å². The summed E-state index contributed by atoms with van der Waals surface area (Å²) in [5.41, 5.74) is 3.45. The number of aromatic nitrogens is 7. The Balaban J connectivity index is 1.22. The smallest absolute Gasteiger partial charge is 0.227 e. The van der Waals surface area contributed by atoms with Gasteiger partial charge >= 0.3 is 0 Å². The number of amides is 1. The van der Waals surface area contributed by atoms with E-state index in [1.165, 1.54) is 6.42 Å². The third-order valence-corrected chi connectivity index (χ3v) is 8.21. The Morgan fingerprint density at radius 3 is 2.68 bits per heavy atom. The van der Waals surface area contributed by atoms with Crippen molar-refractivity contribution in [3.63, 3.8) is 0 Å². The van der Waals surface area contributed by atoms with E-state index >= 15 is 4.39 Å². The molecule has 5 aromatic heterocycles. The summed E-state index contributed by atoms with van der Waals surface area (Å²) >= 11 is 0. The number of aromatic amines is 2. The van der Waals surface area contributed by atoms with Gasteiger partial charge in [0.05, 0.1) is 34.5 Å². The molecule has 0 aromatic carbocycles. The summed E-state index contributed by atoms with van der Waals surface area (Å²) < 4.78 is 16.2. The van der Waals surface area contributed by atoms with E-state index in [0.717, 1.165) is 68.7 Å². The first-order valence-electron chi connectivity index (χ1n) is 14.1.